The summed E-state index contributed by atoms with van der Waals surface area (Å²) in [6.07, 6.45) is 3.70. The van der Waals surface area contributed by atoms with Crippen LogP contribution in [-0.2, 0) is 22.6 Å². The van der Waals surface area contributed by atoms with Crippen LogP contribution in [0.25, 0.3) is 0 Å². The zero-order valence-electron chi connectivity index (χ0n) is 19.5. The van der Waals surface area contributed by atoms with Crippen LogP contribution in [0.3, 0.4) is 0 Å². The fourth-order valence-corrected chi connectivity index (χ4v) is 3.71. The van der Waals surface area contributed by atoms with Crippen molar-refractivity contribution in [2.45, 2.75) is 26.3 Å². The molecule has 0 unspecified atom stereocenters. The molecule has 0 bridgehead atoms. The molecular weight excluding hydrogens is 446 g/mol. The van der Waals surface area contributed by atoms with E-state index in [1.54, 1.807) is 36.5 Å². The van der Waals surface area contributed by atoms with Crippen molar-refractivity contribution in [3.05, 3.63) is 83.7 Å². The quantitative estimate of drug-likeness (QED) is 0.454. The van der Waals surface area contributed by atoms with E-state index in [1.165, 1.54) is 10.5 Å². The largest absolute Gasteiger partial charge is 0.485 e. The van der Waals surface area contributed by atoms with Gasteiger partial charge in [-0.2, -0.15) is 0 Å². The smallest absolute Gasteiger partial charge is 0.265 e. The van der Waals surface area contributed by atoms with E-state index in [0.29, 0.717) is 28.4 Å². The maximum atomic E-state index is 12.8. The van der Waals surface area contributed by atoms with Gasteiger partial charge in [-0.05, 0) is 54.4 Å². The molecule has 4 rings (SSSR count). The lowest BCUT2D eigenvalue weighted by Crippen LogP contribution is -2.45. The fraction of sp³-hybridized carbons (Fsp3) is 0.259. The van der Waals surface area contributed by atoms with Gasteiger partial charge >= 0.3 is 0 Å². The lowest BCUT2D eigenvalue weighted by Gasteiger charge is -2.29. The number of nitrogens with one attached hydrogen (secondary N) is 1. The number of Topliss-reactive ketones (excluding diaryl/α,β-unsaturated/α-hetero) is 1. The Hall–Kier alpha value is -4.20. The number of hydrogen-bond acceptors (Lipinski definition) is 6. The number of amides is 2. The SMILES string of the molecule is CCCc1ccc(OCC(=O)c2ccc3c(c2)N(CC(=O)NCc2ccccn2)C(=O)CO3)cc1. The van der Waals surface area contributed by atoms with Gasteiger partial charge in [0.15, 0.2) is 19.0 Å². The Bertz CT molecular complexity index is 1200. The van der Waals surface area contributed by atoms with Crippen molar-refractivity contribution in [3.8, 4) is 11.5 Å². The van der Waals surface area contributed by atoms with E-state index in [0.717, 1.165) is 12.8 Å². The third-order valence-corrected chi connectivity index (χ3v) is 5.55. The van der Waals surface area contributed by atoms with Crippen molar-refractivity contribution in [1.29, 1.82) is 0 Å². The molecular formula is C27H27N3O5. The van der Waals surface area contributed by atoms with Crippen LogP contribution in [-0.4, -0.2) is 42.3 Å². The topological polar surface area (TPSA) is 97.8 Å². The van der Waals surface area contributed by atoms with Crippen molar-refractivity contribution in [2.75, 3.05) is 24.7 Å². The molecule has 1 N–H and O–H groups in total. The second kappa shape index (κ2) is 11.3. The molecule has 0 atom stereocenters. The van der Waals surface area contributed by atoms with Gasteiger partial charge in [-0.15, -0.1) is 0 Å². The minimum Gasteiger partial charge on any atom is -0.485 e. The van der Waals surface area contributed by atoms with E-state index in [1.807, 2.05) is 30.3 Å². The fourth-order valence-electron chi connectivity index (χ4n) is 3.71. The molecule has 0 spiro atoms. The van der Waals surface area contributed by atoms with Crippen LogP contribution in [0.4, 0.5) is 5.69 Å². The summed E-state index contributed by atoms with van der Waals surface area (Å²) in [5, 5.41) is 2.76. The number of carbonyl (C=O) groups excluding carboxylic acids is 3. The molecule has 0 radical (unpaired) electrons. The monoisotopic (exact) mass is 473 g/mol. The van der Waals surface area contributed by atoms with E-state index in [9.17, 15) is 14.4 Å². The summed E-state index contributed by atoms with van der Waals surface area (Å²) in [5.74, 6) is 0.0944. The second-order valence-corrected chi connectivity index (χ2v) is 8.15. The molecule has 1 aromatic heterocycles. The number of aromatic nitrogens is 1. The molecule has 1 aliphatic heterocycles. The van der Waals surface area contributed by atoms with Crippen molar-refractivity contribution < 1.29 is 23.9 Å². The van der Waals surface area contributed by atoms with Crippen molar-refractivity contribution >= 4 is 23.3 Å². The Morgan fingerprint density at radius 3 is 2.69 bits per heavy atom. The molecule has 0 aliphatic carbocycles. The van der Waals surface area contributed by atoms with E-state index in [4.69, 9.17) is 9.47 Å². The van der Waals surface area contributed by atoms with E-state index in [2.05, 4.69) is 17.2 Å². The number of ether oxygens (including phenoxy) is 2. The number of fused-ring (bicyclic) bond motifs is 1. The Kier molecular flexibility index (Phi) is 7.72. The van der Waals surface area contributed by atoms with Gasteiger partial charge in [0.25, 0.3) is 5.91 Å². The van der Waals surface area contributed by atoms with Crippen LogP contribution in [0.5, 0.6) is 11.5 Å². The van der Waals surface area contributed by atoms with E-state index in [-0.39, 0.29) is 43.9 Å². The molecule has 0 fully saturated rings. The summed E-state index contributed by atoms with van der Waals surface area (Å²) in [4.78, 5) is 43.3. The van der Waals surface area contributed by atoms with Gasteiger partial charge in [0, 0.05) is 11.8 Å². The first kappa shape index (κ1) is 23.9. The summed E-state index contributed by atoms with van der Waals surface area (Å²) < 4.78 is 11.2. The predicted molar refractivity (Wildman–Crippen MR) is 131 cm³/mol. The van der Waals surface area contributed by atoms with Crippen LogP contribution < -0.4 is 19.7 Å². The molecule has 0 saturated carbocycles. The van der Waals surface area contributed by atoms with Crippen molar-refractivity contribution in [1.82, 2.24) is 10.3 Å². The Balaban J connectivity index is 1.40. The minimum atomic E-state index is -0.362. The van der Waals surface area contributed by atoms with Crippen molar-refractivity contribution in [2.24, 2.45) is 0 Å². The maximum Gasteiger partial charge on any atom is 0.265 e. The standard InChI is InChI=1S/C27H27N3O5/c1-2-5-19-7-10-22(11-8-19)34-17-24(31)20-9-12-25-23(14-20)30(27(33)18-35-25)16-26(32)29-15-21-6-3-4-13-28-21/h3-4,6-14H,2,5,15-18H2,1H3,(H,29,32). The van der Waals surface area contributed by atoms with Gasteiger partial charge in [-0.3, -0.25) is 24.3 Å². The maximum absolute atomic E-state index is 12.8. The zero-order valence-corrected chi connectivity index (χ0v) is 19.5. The molecule has 2 heterocycles. The van der Waals surface area contributed by atoms with Crippen LogP contribution >= 0.6 is 0 Å². The van der Waals surface area contributed by atoms with Gasteiger partial charge in [0.05, 0.1) is 17.9 Å². The Morgan fingerprint density at radius 1 is 1.11 bits per heavy atom. The summed E-state index contributed by atoms with van der Waals surface area (Å²) >= 11 is 0. The first-order valence-electron chi connectivity index (χ1n) is 11.5. The van der Waals surface area contributed by atoms with Crippen LogP contribution in [0.1, 0.15) is 35.0 Å². The molecule has 8 nitrogen and oxygen atoms in total. The van der Waals surface area contributed by atoms with Crippen LogP contribution in [0, 0.1) is 0 Å². The molecule has 35 heavy (non-hydrogen) atoms. The van der Waals surface area contributed by atoms with Crippen molar-refractivity contribution in [3.63, 3.8) is 0 Å². The minimum absolute atomic E-state index is 0.148. The first-order valence-corrected chi connectivity index (χ1v) is 11.5. The van der Waals surface area contributed by atoms with E-state index < -0.39 is 0 Å². The molecule has 2 amide bonds. The molecule has 8 heteroatoms. The second-order valence-electron chi connectivity index (χ2n) is 8.15. The highest BCUT2D eigenvalue weighted by Gasteiger charge is 2.28. The number of benzene rings is 2. The van der Waals surface area contributed by atoms with Gasteiger partial charge in [0.2, 0.25) is 5.91 Å². The Labute approximate surface area is 203 Å². The molecule has 1 aliphatic rings. The van der Waals surface area contributed by atoms with Gasteiger partial charge in [-0.25, -0.2) is 0 Å². The van der Waals surface area contributed by atoms with Gasteiger partial charge in [0.1, 0.15) is 18.0 Å². The lowest BCUT2D eigenvalue weighted by atomic mass is 10.1. The van der Waals surface area contributed by atoms with Crippen LogP contribution in [0.2, 0.25) is 0 Å². The molecule has 2 aromatic carbocycles. The number of anilines is 1. The highest BCUT2D eigenvalue weighted by Crippen LogP contribution is 2.33. The third-order valence-electron chi connectivity index (χ3n) is 5.55. The normalized spacial score (nSPS) is 12.5. The lowest BCUT2D eigenvalue weighted by molar-refractivity contribution is -0.125. The summed E-state index contributed by atoms with van der Waals surface area (Å²) in [6.45, 7) is 1.85. The van der Waals surface area contributed by atoms with E-state index >= 15 is 0 Å². The summed E-state index contributed by atoms with van der Waals surface area (Å²) in [7, 11) is 0. The number of pyridine rings is 1. The number of ketones is 1. The number of rotatable bonds is 10. The average Bonchev–Trinajstić information content (AvgIpc) is 2.89. The highest BCUT2D eigenvalue weighted by atomic mass is 16.5. The van der Waals surface area contributed by atoms with Crippen LogP contribution in [0.15, 0.2) is 66.9 Å². The summed E-state index contributed by atoms with van der Waals surface area (Å²) in [6, 6.07) is 17.9. The molecule has 3 aromatic rings. The van der Waals surface area contributed by atoms with Gasteiger partial charge in [-0.1, -0.05) is 31.5 Å². The predicted octanol–water partition coefficient (Wildman–Crippen LogP) is 3.34. The average molecular weight is 474 g/mol. The number of aryl methyl sites for hydroxylation is 1. The molecule has 180 valence electrons. The Morgan fingerprint density at radius 2 is 1.94 bits per heavy atom. The highest BCUT2D eigenvalue weighted by molar-refractivity contribution is 6.04. The zero-order chi connectivity index (χ0) is 24.6. The molecule has 0 saturated heterocycles. The number of nitrogens with zero attached hydrogens (tertiary/aromatic N) is 2. The third kappa shape index (κ3) is 6.23. The number of hydrogen-bond donors (Lipinski definition) is 1. The summed E-state index contributed by atoms with van der Waals surface area (Å²) in [5.41, 5.74) is 2.67. The number of carbonyl (C=O) groups is 3. The first-order chi connectivity index (χ1) is 17.0. The van der Waals surface area contributed by atoms with Gasteiger partial charge < -0.3 is 14.8 Å².